The van der Waals surface area contributed by atoms with Crippen molar-refractivity contribution in [1.82, 2.24) is 10.2 Å². The molecule has 0 aliphatic carbocycles. The molecular weight excluding hydrogens is 212 g/mol. The van der Waals surface area contributed by atoms with Gasteiger partial charge < -0.3 is 10.2 Å². The first-order valence-corrected chi connectivity index (χ1v) is 7.14. The molecule has 0 fully saturated rings. The maximum atomic E-state index is 11.8. The zero-order valence-electron chi connectivity index (χ0n) is 12.1. The molecule has 0 aromatic heterocycles. The van der Waals surface area contributed by atoms with Crippen LogP contribution in [-0.2, 0) is 0 Å². The quantitative estimate of drug-likeness (QED) is 0.657. The summed E-state index contributed by atoms with van der Waals surface area (Å²) >= 11 is 0. The summed E-state index contributed by atoms with van der Waals surface area (Å²) in [7, 11) is 1.87. The zero-order chi connectivity index (χ0) is 13.1. The number of hydrogen-bond acceptors (Lipinski definition) is 1. The molecule has 3 nitrogen and oxygen atoms in total. The molecule has 17 heavy (non-hydrogen) atoms. The molecule has 0 aromatic rings. The minimum absolute atomic E-state index is 0.0772. The monoisotopic (exact) mass is 242 g/mol. The van der Waals surface area contributed by atoms with E-state index in [4.69, 9.17) is 0 Å². The first-order chi connectivity index (χ1) is 8.15. The van der Waals surface area contributed by atoms with Gasteiger partial charge in [-0.15, -0.1) is 0 Å². The van der Waals surface area contributed by atoms with Crippen LogP contribution in [0.4, 0.5) is 4.79 Å². The van der Waals surface area contributed by atoms with Gasteiger partial charge in [-0.2, -0.15) is 0 Å². The predicted octanol–water partition coefficient (Wildman–Crippen LogP) is 3.64. The highest BCUT2D eigenvalue weighted by Crippen LogP contribution is 2.11. The molecule has 0 spiro atoms. The average Bonchev–Trinajstić information content (AvgIpc) is 2.35. The molecule has 3 heteroatoms. The topological polar surface area (TPSA) is 32.3 Å². The van der Waals surface area contributed by atoms with Crippen LogP contribution in [0.25, 0.3) is 0 Å². The van der Waals surface area contributed by atoms with Crippen LogP contribution in [0.1, 0.15) is 59.3 Å². The van der Waals surface area contributed by atoms with Crippen LogP contribution in [-0.4, -0.2) is 31.1 Å². The summed E-state index contributed by atoms with van der Waals surface area (Å²) < 4.78 is 0. The van der Waals surface area contributed by atoms with Crippen LogP contribution in [0.5, 0.6) is 0 Å². The summed E-state index contributed by atoms with van der Waals surface area (Å²) in [4.78, 5) is 13.5. The molecule has 0 heterocycles. The average molecular weight is 242 g/mol. The van der Waals surface area contributed by atoms with E-state index in [0.717, 1.165) is 32.4 Å². The Bertz CT molecular complexity index is 195. The van der Waals surface area contributed by atoms with Crippen molar-refractivity contribution >= 4 is 6.03 Å². The number of nitrogens with zero attached hydrogens (tertiary/aromatic N) is 1. The summed E-state index contributed by atoms with van der Waals surface area (Å²) in [6, 6.07) is 0.0772. The van der Waals surface area contributed by atoms with Gasteiger partial charge in [0, 0.05) is 20.1 Å². The van der Waals surface area contributed by atoms with Gasteiger partial charge in [0.05, 0.1) is 0 Å². The van der Waals surface area contributed by atoms with Gasteiger partial charge in [0.25, 0.3) is 0 Å². The van der Waals surface area contributed by atoms with Crippen molar-refractivity contribution in [2.45, 2.75) is 59.3 Å². The van der Waals surface area contributed by atoms with E-state index in [9.17, 15) is 4.79 Å². The van der Waals surface area contributed by atoms with Gasteiger partial charge in [-0.05, 0) is 18.8 Å². The fraction of sp³-hybridized carbons (Fsp3) is 0.929. The second-order valence-electron chi connectivity index (χ2n) is 4.88. The van der Waals surface area contributed by atoms with E-state index in [1.54, 1.807) is 4.90 Å². The molecule has 0 radical (unpaired) electrons. The summed E-state index contributed by atoms with van der Waals surface area (Å²) in [5, 5.41) is 3.04. The SMILES string of the molecule is CCCCC(CC)CNC(=O)N(C)CCCC. The molecule has 0 aliphatic heterocycles. The molecule has 0 aliphatic rings. The van der Waals surface area contributed by atoms with Crippen LogP contribution in [0, 0.1) is 5.92 Å². The first-order valence-electron chi connectivity index (χ1n) is 7.14. The van der Waals surface area contributed by atoms with E-state index in [0.29, 0.717) is 5.92 Å². The number of nitrogens with one attached hydrogen (secondary N) is 1. The van der Waals surface area contributed by atoms with E-state index in [2.05, 4.69) is 26.1 Å². The number of rotatable bonds is 9. The highest BCUT2D eigenvalue weighted by Gasteiger charge is 2.10. The first kappa shape index (κ1) is 16.3. The highest BCUT2D eigenvalue weighted by molar-refractivity contribution is 5.73. The normalized spacial score (nSPS) is 12.2. The van der Waals surface area contributed by atoms with E-state index in [1.165, 1.54) is 19.3 Å². The Labute approximate surface area is 107 Å². The number of carbonyl (C=O) groups excluding carboxylic acids is 1. The molecule has 1 N–H and O–H groups in total. The largest absolute Gasteiger partial charge is 0.338 e. The fourth-order valence-corrected chi connectivity index (χ4v) is 1.81. The summed E-state index contributed by atoms with van der Waals surface area (Å²) in [5.41, 5.74) is 0. The van der Waals surface area contributed by atoms with Gasteiger partial charge >= 0.3 is 6.03 Å². The lowest BCUT2D eigenvalue weighted by molar-refractivity contribution is 0.205. The molecule has 0 saturated carbocycles. The Morgan fingerprint density at radius 3 is 2.35 bits per heavy atom. The molecular formula is C14H30N2O. The minimum atomic E-state index is 0.0772. The third kappa shape index (κ3) is 8.06. The lowest BCUT2D eigenvalue weighted by atomic mass is 9.99. The van der Waals surface area contributed by atoms with Gasteiger partial charge in [0.2, 0.25) is 0 Å². The molecule has 102 valence electrons. The second kappa shape index (κ2) is 10.4. The van der Waals surface area contributed by atoms with Gasteiger partial charge in [-0.3, -0.25) is 0 Å². The van der Waals surface area contributed by atoms with E-state index < -0.39 is 0 Å². The lowest BCUT2D eigenvalue weighted by Crippen LogP contribution is -2.40. The maximum Gasteiger partial charge on any atom is 0.317 e. The predicted molar refractivity (Wildman–Crippen MR) is 74.2 cm³/mol. The number of amides is 2. The number of carbonyl (C=O) groups is 1. The number of unbranched alkanes of at least 4 members (excludes halogenated alkanes) is 2. The van der Waals surface area contributed by atoms with Gasteiger partial charge in [-0.1, -0.05) is 46.5 Å². The lowest BCUT2D eigenvalue weighted by Gasteiger charge is -2.20. The molecule has 2 amide bonds. The second-order valence-corrected chi connectivity index (χ2v) is 4.88. The van der Waals surface area contributed by atoms with Crippen LogP contribution in [0.2, 0.25) is 0 Å². The van der Waals surface area contributed by atoms with Gasteiger partial charge in [0.15, 0.2) is 0 Å². The minimum Gasteiger partial charge on any atom is -0.338 e. The van der Waals surface area contributed by atoms with Crippen molar-refractivity contribution < 1.29 is 4.79 Å². The van der Waals surface area contributed by atoms with E-state index >= 15 is 0 Å². The van der Waals surface area contributed by atoms with Crippen molar-refractivity contribution in [3.05, 3.63) is 0 Å². The fourth-order valence-electron chi connectivity index (χ4n) is 1.81. The molecule has 0 rings (SSSR count). The summed E-state index contributed by atoms with van der Waals surface area (Å²) in [5.74, 6) is 0.637. The van der Waals surface area contributed by atoms with E-state index in [-0.39, 0.29) is 6.03 Å². The zero-order valence-corrected chi connectivity index (χ0v) is 12.1. The maximum absolute atomic E-state index is 11.8. The standard InChI is InChI=1S/C14H30N2O/c1-5-8-10-13(7-3)12-15-14(17)16(4)11-9-6-2/h13H,5-12H2,1-4H3,(H,15,17). The molecule has 0 saturated heterocycles. The van der Waals surface area contributed by atoms with Crippen molar-refractivity contribution in [3.63, 3.8) is 0 Å². The molecule has 1 atom stereocenters. The number of urea groups is 1. The smallest absolute Gasteiger partial charge is 0.317 e. The molecule has 0 aromatic carbocycles. The highest BCUT2D eigenvalue weighted by atomic mass is 16.2. The van der Waals surface area contributed by atoms with Crippen LogP contribution < -0.4 is 5.32 Å². The Balaban J connectivity index is 3.78. The third-order valence-corrected chi connectivity index (χ3v) is 3.28. The Morgan fingerprint density at radius 2 is 1.82 bits per heavy atom. The van der Waals surface area contributed by atoms with Crippen molar-refractivity contribution in [1.29, 1.82) is 0 Å². The van der Waals surface area contributed by atoms with Crippen LogP contribution in [0.3, 0.4) is 0 Å². The van der Waals surface area contributed by atoms with Gasteiger partial charge in [0.1, 0.15) is 0 Å². The third-order valence-electron chi connectivity index (χ3n) is 3.28. The molecule has 1 unspecified atom stereocenters. The Morgan fingerprint density at radius 1 is 1.18 bits per heavy atom. The van der Waals surface area contributed by atoms with Crippen molar-refractivity contribution in [2.24, 2.45) is 5.92 Å². The van der Waals surface area contributed by atoms with E-state index in [1.807, 2.05) is 7.05 Å². The summed E-state index contributed by atoms with van der Waals surface area (Å²) in [6.45, 7) is 8.24. The van der Waals surface area contributed by atoms with Gasteiger partial charge in [-0.25, -0.2) is 4.79 Å². The van der Waals surface area contributed by atoms with Crippen LogP contribution >= 0.6 is 0 Å². The Kier molecular flexibility index (Phi) is 9.98. The van der Waals surface area contributed by atoms with Crippen molar-refractivity contribution in [3.8, 4) is 0 Å². The van der Waals surface area contributed by atoms with Crippen LogP contribution in [0.15, 0.2) is 0 Å². The number of hydrogen-bond donors (Lipinski definition) is 1. The molecule has 0 bridgehead atoms. The Hall–Kier alpha value is -0.730. The summed E-state index contributed by atoms with van der Waals surface area (Å²) in [6.07, 6.45) is 7.09. The van der Waals surface area contributed by atoms with Crippen molar-refractivity contribution in [2.75, 3.05) is 20.1 Å².